The van der Waals surface area contributed by atoms with Crippen molar-refractivity contribution in [2.75, 3.05) is 12.9 Å². The summed E-state index contributed by atoms with van der Waals surface area (Å²) in [6.07, 6.45) is 0.824. The van der Waals surface area contributed by atoms with Gasteiger partial charge in [0.05, 0.1) is 6.61 Å². The maximum absolute atomic E-state index is 11.2. The van der Waals surface area contributed by atoms with Crippen LogP contribution in [-0.4, -0.2) is 54.7 Å². The van der Waals surface area contributed by atoms with Crippen LogP contribution in [0.3, 0.4) is 0 Å². The molecule has 3 aliphatic heterocycles. The molecule has 3 rings (SSSR count). The van der Waals surface area contributed by atoms with E-state index < -0.39 is 23.3 Å². The molecule has 7 heteroatoms. The molecule has 3 fully saturated rings. The van der Waals surface area contributed by atoms with Gasteiger partial charge < -0.3 is 28.5 Å². The third-order valence-corrected chi connectivity index (χ3v) is 4.05. The summed E-state index contributed by atoms with van der Waals surface area (Å²) in [6.45, 7) is 3.93. The quantitative estimate of drug-likeness (QED) is 0.680. The maximum atomic E-state index is 11.2. The average Bonchev–Trinajstić information content (AvgIpc) is 2.70. The Morgan fingerprint density at radius 1 is 1.17 bits per heavy atom. The summed E-state index contributed by atoms with van der Waals surface area (Å²) in [5.74, 6) is -0.832. The number of hydrogen-bond acceptors (Lipinski definition) is 7. The lowest BCUT2D eigenvalue weighted by molar-refractivity contribution is -0.409. The number of carbonyl (C=O) groups excluding carboxylic acids is 1. The van der Waals surface area contributed by atoms with Crippen LogP contribution in [0.15, 0.2) is 0 Å². The van der Waals surface area contributed by atoms with Crippen molar-refractivity contribution in [1.82, 2.24) is 0 Å². The topological polar surface area (TPSA) is 63.2 Å². The van der Waals surface area contributed by atoms with Crippen LogP contribution in [0.25, 0.3) is 0 Å². The van der Waals surface area contributed by atoms with E-state index in [2.05, 4.69) is 0 Å². The lowest BCUT2D eigenvalue weighted by Gasteiger charge is -2.49. The van der Waals surface area contributed by atoms with Crippen molar-refractivity contribution < 1.29 is 28.5 Å². The monoisotopic (exact) mass is 276 g/mol. The molecule has 0 N–H and O–H groups in total. The predicted molar refractivity (Wildman–Crippen MR) is 61.8 cm³/mol. The molecule has 0 saturated carbocycles. The van der Waals surface area contributed by atoms with Gasteiger partial charge in [-0.3, -0.25) is 0 Å². The largest absolute Gasteiger partial charge is 0.342 e. The zero-order chi connectivity index (χ0) is 13.0. The molecular formula is C11H16O6S. The molecule has 18 heavy (non-hydrogen) atoms. The second-order valence-electron chi connectivity index (χ2n) is 4.95. The second kappa shape index (κ2) is 4.16. The molecule has 3 heterocycles. The summed E-state index contributed by atoms with van der Waals surface area (Å²) in [4.78, 5) is 11.2. The smallest absolute Gasteiger partial charge is 0.338 e. The van der Waals surface area contributed by atoms with Crippen molar-refractivity contribution in [3.8, 4) is 0 Å². The van der Waals surface area contributed by atoms with Gasteiger partial charge in [-0.1, -0.05) is 11.8 Å². The van der Waals surface area contributed by atoms with Crippen molar-refractivity contribution >= 4 is 18.0 Å². The summed E-state index contributed by atoms with van der Waals surface area (Å²) in [5.41, 5.74) is 0. The zero-order valence-electron chi connectivity index (χ0n) is 10.5. The Labute approximate surface area is 109 Å². The van der Waals surface area contributed by atoms with Crippen LogP contribution in [0.5, 0.6) is 0 Å². The molecule has 0 aliphatic carbocycles. The van der Waals surface area contributed by atoms with Crippen molar-refractivity contribution in [2.24, 2.45) is 0 Å². The van der Waals surface area contributed by atoms with E-state index in [1.165, 1.54) is 11.8 Å². The van der Waals surface area contributed by atoms with E-state index in [9.17, 15) is 4.79 Å². The first-order valence-electron chi connectivity index (χ1n) is 5.84. The highest BCUT2D eigenvalue weighted by atomic mass is 32.2. The summed E-state index contributed by atoms with van der Waals surface area (Å²) in [7, 11) is 0. The van der Waals surface area contributed by atoms with Crippen molar-refractivity contribution in [2.45, 2.75) is 49.4 Å². The number of rotatable bonds is 2. The van der Waals surface area contributed by atoms with E-state index in [0.29, 0.717) is 6.61 Å². The molecule has 0 radical (unpaired) electrons. The Kier molecular flexibility index (Phi) is 2.96. The number of fused-ring (bicyclic) bond motifs is 4. The molecule has 0 aromatic carbocycles. The van der Waals surface area contributed by atoms with Gasteiger partial charge in [0.1, 0.15) is 24.4 Å². The third kappa shape index (κ3) is 1.90. The first-order valence-corrected chi connectivity index (χ1v) is 7.07. The molecule has 2 bridgehead atoms. The molecular weight excluding hydrogens is 260 g/mol. The van der Waals surface area contributed by atoms with Gasteiger partial charge >= 0.3 is 5.31 Å². The lowest BCUT2D eigenvalue weighted by Crippen LogP contribution is -2.64. The van der Waals surface area contributed by atoms with Crippen molar-refractivity contribution in [3.63, 3.8) is 0 Å². The van der Waals surface area contributed by atoms with Crippen LogP contribution >= 0.6 is 11.8 Å². The van der Waals surface area contributed by atoms with Gasteiger partial charge in [0.2, 0.25) is 0 Å². The maximum Gasteiger partial charge on any atom is 0.338 e. The highest BCUT2D eigenvalue weighted by Gasteiger charge is 2.60. The molecule has 0 unspecified atom stereocenters. The number of thioether (sulfide) groups is 1. The minimum atomic E-state index is -1.12. The van der Waals surface area contributed by atoms with E-state index in [1.54, 1.807) is 13.8 Å². The highest BCUT2D eigenvalue weighted by molar-refractivity contribution is 7.99. The first kappa shape index (κ1) is 12.8. The minimum absolute atomic E-state index is 0.234. The Balaban J connectivity index is 1.89. The van der Waals surface area contributed by atoms with Crippen LogP contribution in [0.1, 0.15) is 13.8 Å². The molecule has 3 aliphatic rings. The molecule has 0 aromatic heterocycles. The Morgan fingerprint density at radius 2 is 1.94 bits per heavy atom. The lowest BCUT2D eigenvalue weighted by atomic mass is 10.0. The Hall–Kier alpha value is -0.180. The van der Waals surface area contributed by atoms with Gasteiger partial charge in [-0.05, 0) is 20.1 Å². The standard InChI is InChI=1S/C11H16O6S/c1-10(2)14-6(4-12)8-9(16-10)7-5-13-11(15-7,17-8)18-3/h4,6-9H,5H2,1-3H3/t6-,7+,8-,9+,11-/m1/s1. The van der Waals surface area contributed by atoms with Crippen LogP contribution in [0, 0.1) is 0 Å². The van der Waals surface area contributed by atoms with E-state index >= 15 is 0 Å². The van der Waals surface area contributed by atoms with Gasteiger partial charge in [0.25, 0.3) is 0 Å². The molecule has 6 nitrogen and oxygen atoms in total. The van der Waals surface area contributed by atoms with Gasteiger partial charge in [0, 0.05) is 0 Å². The summed E-state index contributed by atoms with van der Waals surface area (Å²) in [5, 5.41) is -1.12. The van der Waals surface area contributed by atoms with E-state index in [1.807, 2.05) is 6.26 Å². The van der Waals surface area contributed by atoms with Crippen LogP contribution < -0.4 is 0 Å². The summed E-state index contributed by atoms with van der Waals surface area (Å²) in [6, 6.07) is 0. The number of hydrogen-bond donors (Lipinski definition) is 0. The van der Waals surface area contributed by atoms with Gasteiger partial charge in [-0.25, -0.2) is 0 Å². The average molecular weight is 276 g/mol. The van der Waals surface area contributed by atoms with Gasteiger partial charge in [-0.2, -0.15) is 0 Å². The van der Waals surface area contributed by atoms with E-state index in [4.69, 9.17) is 23.7 Å². The molecule has 5 atom stereocenters. The predicted octanol–water partition coefficient (Wildman–Crippen LogP) is 0.494. The number of ether oxygens (including phenoxy) is 5. The Morgan fingerprint density at radius 3 is 2.61 bits per heavy atom. The number of carbonyl (C=O) groups is 1. The van der Waals surface area contributed by atoms with Crippen molar-refractivity contribution in [1.29, 1.82) is 0 Å². The zero-order valence-corrected chi connectivity index (χ0v) is 11.3. The van der Waals surface area contributed by atoms with E-state index in [-0.39, 0.29) is 12.2 Å². The van der Waals surface area contributed by atoms with Gasteiger partial charge in [-0.15, -0.1) is 0 Å². The number of aldehydes is 1. The highest BCUT2D eigenvalue weighted by Crippen LogP contribution is 2.46. The normalized spacial score (nSPS) is 49.7. The molecule has 0 aromatic rings. The van der Waals surface area contributed by atoms with Crippen LogP contribution in [-0.2, 0) is 28.5 Å². The minimum Gasteiger partial charge on any atom is -0.342 e. The molecule has 0 spiro atoms. The molecule has 102 valence electrons. The fourth-order valence-corrected chi connectivity index (χ4v) is 3.13. The third-order valence-electron chi connectivity index (χ3n) is 3.24. The fourth-order valence-electron chi connectivity index (χ4n) is 2.51. The molecule has 3 saturated heterocycles. The SMILES string of the molecule is CS[C@]12OC[C@H](O1)[C@@H]1OC(C)(C)O[C@H](C=O)[C@H]1O2. The van der Waals surface area contributed by atoms with Crippen LogP contribution in [0.2, 0.25) is 0 Å². The van der Waals surface area contributed by atoms with Gasteiger partial charge in [0.15, 0.2) is 12.1 Å². The molecule has 0 amide bonds. The van der Waals surface area contributed by atoms with Crippen LogP contribution in [0.4, 0.5) is 0 Å². The van der Waals surface area contributed by atoms with E-state index in [0.717, 1.165) is 6.29 Å². The summed E-state index contributed by atoms with van der Waals surface area (Å²) >= 11 is 1.31. The Bertz CT molecular complexity index is 361. The summed E-state index contributed by atoms with van der Waals surface area (Å²) < 4.78 is 28.4. The fraction of sp³-hybridized carbons (Fsp3) is 0.909. The first-order chi connectivity index (χ1) is 8.49. The van der Waals surface area contributed by atoms with Crippen molar-refractivity contribution in [3.05, 3.63) is 0 Å². The second-order valence-corrected chi connectivity index (χ2v) is 5.86.